The van der Waals surface area contributed by atoms with Crippen LogP contribution in [0.25, 0.3) is 0 Å². The summed E-state index contributed by atoms with van der Waals surface area (Å²) in [7, 11) is 0. The van der Waals surface area contributed by atoms with E-state index in [9.17, 15) is 4.79 Å². The Morgan fingerprint density at radius 3 is 2.77 bits per heavy atom. The number of nitrogens with one attached hydrogen (secondary N) is 1. The van der Waals surface area contributed by atoms with Gasteiger partial charge in [0.2, 0.25) is 0 Å². The van der Waals surface area contributed by atoms with Gasteiger partial charge in [-0.3, -0.25) is 4.79 Å². The molecule has 78 valence electrons. The van der Waals surface area contributed by atoms with Crippen LogP contribution < -0.4 is 5.32 Å². The van der Waals surface area contributed by atoms with Gasteiger partial charge in [-0.1, -0.05) is 0 Å². The van der Waals surface area contributed by atoms with Crippen molar-refractivity contribution in [3.63, 3.8) is 0 Å². The summed E-state index contributed by atoms with van der Waals surface area (Å²) < 4.78 is 0. The Hall–Kier alpha value is -0.260. The Labute approximate surface area is 82.7 Å². The average molecular weight is 207 g/mol. The first kappa shape index (κ1) is 12.7. The number of aliphatic carboxylic acids is 1. The third-order valence-corrected chi connectivity index (χ3v) is 2.58. The van der Waals surface area contributed by atoms with Gasteiger partial charge in [0.05, 0.1) is 0 Å². The van der Waals surface area contributed by atoms with Crippen LogP contribution >= 0.6 is 11.8 Å². The molecule has 0 aromatic rings. The zero-order valence-corrected chi connectivity index (χ0v) is 8.64. The molecule has 4 nitrogen and oxygen atoms in total. The van der Waals surface area contributed by atoms with Crippen LogP contribution in [-0.2, 0) is 4.79 Å². The molecular weight excluding hydrogens is 190 g/mol. The van der Waals surface area contributed by atoms with Gasteiger partial charge < -0.3 is 15.5 Å². The molecule has 1 unspecified atom stereocenters. The van der Waals surface area contributed by atoms with Gasteiger partial charge in [-0.15, -0.1) is 0 Å². The summed E-state index contributed by atoms with van der Waals surface area (Å²) in [5, 5.41) is 19.9. The lowest BCUT2D eigenvalue weighted by molar-refractivity contribution is -0.138. The first-order valence-electron chi connectivity index (χ1n) is 4.33. The van der Waals surface area contributed by atoms with Crippen LogP contribution in [0.15, 0.2) is 0 Å². The van der Waals surface area contributed by atoms with Crippen molar-refractivity contribution in [1.29, 1.82) is 0 Å². The molecule has 0 amide bonds. The predicted octanol–water partition coefficient (Wildman–Crippen LogP) is 0.165. The van der Waals surface area contributed by atoms with Crippen molar-refractivity contribution in [2.24, 2.45) is 0 Å². The van der Waals surface area contributed by atoms with E-state index in [0.29, 0.717) is 6.54 Å². The molecule has 0 bridgehead atoms. The summed E-state index contributed by atoms with van der Waals surface area (Å²) in [6.07, 6.45) is 0.805. The van der Waals surface area contributed by atoms with Crippen molar-refractivity contribution < 1.29 is 15.0 Å². The molecule has 0 fully saturated rings. The third kappa shape index (κ3) is 8.08. The molecule has 0 saturated heterocycles. The lowest BCUT2D eigenvalue weighted by Crippen LogP contribution is -2.35. The molecule has 0 rings (SSSR count). The number of hydrogen-bond acceptors (Lipinski definition) is 4. The fraction of sp³-hybridized carbons (Fsp3) is 0.875. The van der Waals surface area contributed by atoms with Crippen molar-refractivity contribution in [2.45, 2.75) is 19.4 Å². The van der Waals surface area contributed by atoms with Gasteiger partial charge in [0.15, 0.2) is 0 Å². The number of hydrogen-bond donors (Lipinski definition) is 3. The highest BCUT2D eigenvalue weighted by atomic mass is 32.2. The van der Waals surface area contributed by atoms with Crippen LogP contribution in [0.3, 0.4) is 0 Å². The zero-order chi connectivity index (χ0) is 10.1. The number of aliphatic hydroxyl groups excluding tert-OH is 1. The van der Waals surface area contributed by atoms with Crippen molar-refractivity contribution in [1.82, 2.24) is 5.32 Å². The Morgan fingerprint density at radius 2 is 2.23 bits per heavy atom. The molecule has 0 radical (unpaired) electrons. The maximum absolute atomic E-state index is 10.4. The minimum Gasteiger partial charge on any atom is -0.480 e. The number of carboxylic acid groups (broad SMARTS) is 1. The first-order valence-corrected chi connectivity index (χ1v) is 5.48. The van der Waals surface area contributed by atoms with Gasteiger partial charge in [0.25, 0.3) is 0 Å². The van der Waals surface area contributed by atoms with E-state index in [1.807, 2.05) is 0 Å². The summed E-state index contributed by atoms with van der Waals surface area (Å²) in [5.74, 6) is 0.998. The minimum atomic E-state index is -0.819. The van der Waals surface area contributed by atoms with Crippen molar-refractivity contribution in [3.8, 4) is 0 Å². The molecule has 0 aliphatic heterocycles. The fourth-order valence-electron chi connectivity index (χ4n) is 0.704. The van der Waals surface area contributed by atoms with Crippen LogP contribution in [0.2, 0.25) is 0 Å². The lowest BCUT2D eigenvalue weighted by Gasteiger charge is -2.07. The van der Waals surface area contributed by atoms with E-state index >= 15 is 0 Å². The Morgan fingerprint density at radius 1 is 1.54 bits per heavy atom. The molecule has 0 aromatic carbocycles. The molecule has 0 heterocycles. The van der Waals surface area contributed by atoms with Gasteiger partial charge in [-0.25, -0.2) is 0 Å². The van der Waals surface area contributed by atoms with Crippen molar-refractivity contribution >= 4 is 17.7 Å². The number of thioether (sulfide) groups is 1. The molecule has 0 aliphatic carbocycles. The number of rotatable bonds is 8. The number of aliphatic hydroxyl groups is 1. The third-order valence-electron chi connectivity index (χ3n) is 1.51. The summed E-state index contributed by atoms with van der Waals surface area (Å²) in [5.41, 5.74) is 0. The Kier molecular flexibility index (Phi) is 8.18. The van der Waals surface area contributed by atoms with Gasteiger partial charge in [0, 0.05) is 18.9 Å². The highest BCUT2D eigenvalue weighted by molar-refractivity contribution is 7.99. The lowest BCUT2D eigenvalue weighted by atomic mass is 10.3. The summed E-state index contributed by atoms with van der Waals surface area (Å²) in [6.45, 7) is 2.55. The topological polar surface area (TPSA) is 69.6 Å². The molecule has 1 atom stereocenters. The van der Waals surface area contributed by atoms with E-state index in [2.05, 4.69) is 5.32 Å². The van der Waals surface area contributed by atoms with Gasteiger partial charge in [-0.2, -0.15) is 11.8 Å². The fourth-order valence-corrected chi connectivity index (χ4v) is 1.50. The second kappa shape index (κ2) is 8.34. The first-order chi connectivity index (χ1) is 6.18. The van der Waals surface area contributed by atoms with Gasteiger partial charge in [0.1, 0.15) is 6.04 Å². The van der Waals surface area contributed by atoms with E-state index in [0.717, 1.165) is 17.9 Å². The molecule has 0 aromatic heterocycles. The Bertz CT molecular complexity index is 143. The molecule has 3 N–H and O–H groups in total. The maximum atomic E-state index is 10.4. The molecule has 5 heteroatoms. The number of carbonyl (C=O) groups is 1. The number of carboxylic acids is 1. The largest absolute Gasteiger partial charge is 0.480 e. The van der Waals surface area contributed by atoms with E-state index in [1.54, 1.807) is 18.7 Å². The quantitative estimate of drug-likeness (QED) is 0.495. The van der Waals surface area contributed by atoms with Crippen LogP contribution in [-0.4, -0.2) is 46.9 Å². The highest BCUT2D eigenvalue weighted by Gasteiger charge is 2.07. The van der Waals surface area contributed by atoms with Crippen LogP contribution in [0.4, 0.5) is 0 Å². The van der Waals surface area contributed by atoms with Gasteiger partial charge in [-0.05, 0) is 19.1 Å². The van der Waals surface area contributed by atoms with Crippen molar-refractivity contribution in [3.05, 3.63) is 0 Å². The zero-order valence-electron chi connectivity index (χ0n) is 7.82. The SMILES string of the molecule is CC(NCCSCCCO)C(=O)O. The second-order valence-electron chi connectivity index (χ2n) is 2.70. The molecule has 0 aliphatic rings. The van der Waals surface area contributed by atoms with Crippen LogP contribution in [0, 0.1) is 0 Å². The average Bonchev–Trinajstić information content (AvgIpc) is 2.10. The summed E-state index contributed by atoms with van der Waals surface area (Å²) >= 11 is 1.72. The Balaban J connectivity index is 3.11. The van der Waals surface area contributed by atoms with E-state index in [-0.39, 0.29) is 6.61 Å². The monoisotopic (exact) mass is 207 g/mol. The molecule has 0 spiro atoms. The molecule has 13 heavy (non-hydrogen) atoms. The van der Waals surface area contributed by atoms with Crippen molar-refractivity contribution in [2.75, 3.05) is 24.7 Å². The normalized spacial score (nSPS) is 12.8. The second-order valence-corrected chi connectivity index (χ2v) is 3.93. The maximum Gasteiger partial charge on any atom is 0.320 e. The standard InChI is InChI=1S/C8H17NO3S/c1-7(8(11)12)9-3-6-13-5-2-4-10/h7,9-10H,2-6H2,1H3,(H,11,12). The van der Waals surface area contributed by atoms with E-state index in [4.69, 9.17) is 10.2 Å². The minimum absolute atomic E-state index is 0.228. The molecule has 0 saturated carbocycles. The predicted molar refractivity (Wildman–Crippen MR) is 54.1 cm³/mol. The van der Waals surface area contributed by atoms with Crippen LogP contribution in [0.5, 0.6) is 0 Å². The smallest absolute Gasteiger partial charge is 0.320 e. The van der Waals surface area contributed by atoms with E-state index < -0.39 is 12.0 Å². The highest BCUT2D eigenvalue weighted by Crippen LogP contribution is 2.00. The summed E-state index contributed by atoms with van der Waals surface area (Å²) in [6, 6.07) is -0.474. The van der Waals surface area contributed by atoms with E-state index in [1.165, 1.54) is 0 Å². The van der Waals surface area contributed by atoms with Gasteiger partial charge >= 0.3 is 5.97 Å². The molecular formula is C8H17NO3S. The van der Waals surface area contributed by atoms with Crippen LogP contribution in [0.1, 0.15) is 13.3 Å². The summed E-state index contributed by atoms with van der Waals surface area (Å²) in [4.78, 5) is 10.4.